The van der Waals surface area contributed by atoms with Gasteiger partial charge in [0.1, 0.15) is 0 Å². The Kier molecular flexibility index (Phi) is 11.5. The van der Waals surface area contributed by atoms with Crippen LogP contribution in [0.3, 0.4) is 0 Å². The van der Waals surface area contributed by atoms with E-state index in [1.807, 2.05) is 12.1 Å². The molecule has 4 aromatic carbocycles. The summed E-state index contributed by atoms with van der Waals surface area (Å²) in [6, 6.07) is 30.4. The van der Waals surface area contributed by atoms with E-state index in [9.17, 15) is 10.2 Å². The van der Waals surface area contributed by atoms with Gasteiger partial charge in [-0.2, -0.15) is 0 Å². The minimum Gasteiger partial charge on any atom is -1.00 e. The van der Waals surface area contributed by atoms with E-state index in [0.717, 1.165) is 50.2 Å². The van der Waals surface area contributed by atoms with Crippen molar-refractivity contribution in [3.05, 3.63) is 129 Å². The van der Waals surface area contributed by atoms with E-state index in [4.69, 9.17) is 0 Å². The van der Waals surface area contributed by atoms with Crippen molar-refractivity contribution in [1.29, 1.82) is 0 Å². The number of hydrogen-bond donors (Lipinski definition) is 2. The maximum Gasteiger partial charge on any atom is -1.00 e. The van der Waals surface area contributed by atoms with E-state index in [1.165, 1.54) is 35.1 Å². The Labute approximate surface area is 329 Å². The SMILES string of the molecule is CC(C)(C)c1cc(C=[N+]2[Co][N+](=Cc3cc(C(C)(C)C)cc(C(C)(C)c4ccccc4)c3O)[C@@H]3CCCC[C@H]32)c(O)c(C(C)(C)c2ccccc2)c1.[Br-]. The van der Waals surface area contributed by atoms with Crippen LogP contribution >= 0.6 is 0 Å². The van der Waals surface area contributed by atoms with E-state index in [-0.39, 0.29) is 38.6 Å². The molecule has 4 aromatic rings. The van der Waals surface area contributed by atoms with Gasteiger partial charge in [0, 0.05) is 0 Å². The fourth-order valence-corrected chi connectivity index (χ4v) is 9.28. The van der Waals surface area contributed by atoms with Gasteiger partial charge in [0.15, 0.2) is 0 Å². The summed E-state index contributed by atoms with van der Waals surface area (Å²) < 4.78 is 4.86. The predicted molar refractivity (Wildman–Crippen MR) is 208 cm³/mol. The number of aromatic hydroxyl groups is 2. The maximum absolute atomic E-state index is 12.1. The molecule has 4 nitrogen and oxygen atoms in total. The van der Waals surface area contributed by atoms with E-state index in [0.29, 0.717) is 23.6 Å². The van der Waals surface area contributed by atoms with Crippen molar-refractivity contribution >= 4 is 12.4 Å². The molecule has 0 spiro atoms. The van der Waals surface area contributed by atoms with Crippen molar-refractivity contribution in [3.63, 3.8) is 0 Å². The second-order valence-corrected chi connectivity index (χ2v) is 19.1. The van der Waals surface area contributed by atoms with Crippen molar-refractivity contribution in [3.8, 4) is 11.5 Å². The van der Waals surface area contributed by atoms with Gasteiger partial charge in [-0.15, -0.1) is 0 Å². The molecule has 0 radical (unpaired) electrons. The molecule has 6 heteroatoms. The van der Waals surface area contributed by atoms with E-state index < -0.39 is 0 Å². The average molecular weight is 810 g/mol. The van der Waals surface area contributed by atoms with Crippen LogP contribution in [0.15, 0.2) is 84.9 Å². The van der Waals surface area contributed by atoms with Gasteiger partial charge in [-0.25, -0.2) is 0 Å². The van der Waals surface area contributed by atoms with Gasteiger partial charge >= 0.3 is 315 Å². The fourth-order valence-electron chi connectivity index (χ4n) is 7.66. The van der Waals surface area contributed by atoms with Crippen molar-refractivity contribution in [2.45, 2.75) is 129 Å². The number of phenolic OH excluding ortho intramolecular Hbond substituents is 2. The van der Waals surface area contributed by atoms with Gasteiger partial charge in [0.25, 0.3) is 0 Å². The molecule has 0 amide bonds. The quantitative estimate of drug-likeness (QED) is 0.218. The number of fused-ring (bicyclic) bond motifs is 1. The Balaban J connectivity index is 0.00000523. The zero-order valence-electron chi connectivity index (χ0n) is 32.7. The third-order valence-electron chi connectivity index (χ3n) is 11.3. The van der Waals surface area contributed by atoms with Crippen LogP contribution in [0.1, 0.15) is 139 Å². The smallest absolute Gasteiger partial charge is 1.00 e. The summed E-state index contributed by atoms with van der Waals surface area (Å²) in [6.45, 7) is 22.3. The van der Waals surface area contributed by atoms with Crippen LogP contribution in [-0.4, -0.2) is 42.0 Å². The summed E-state index contributed by atoms with van der Waals surface area (Å²) in [4.78, 5) is 0. The molecule has 2 fully saturated rings. The van der Waals surface area contributed by atoms with Crippen LogP contribution in [0, 0.1) is 0 Å². The molecule has 279 valence electrons. The number of halogens is 1. The van der Waals surface area contributed by atoms with E-state index >= 15 is 0 Å². The van der Waals surface area contributed by atoms with Crippen LogP contribution in [0.25, 0.3) is 0 Å². The third kappa shape index (κ3) is 7.86. The summed E-state index contributed by atoms with van der Waals surface area (Å²) in [5.41, 5.74) is 7.46. The van der Waals surface area contributed by atoms with Crippen LogP contribution in [0.2, 0.25) is 0 Å². The molecule has 2 aliphatic rings. The first kappa shape index (κ1) is 40.0. The van der Waals surface area contributed by atoms with Crippen molar-refractivity contribution < 1.29 is 49.6 Å². The molecule has 2 N–H and O–H groups in total. The monoisotopic (exact) mass is 808 g/mol. The summed E-state index contributed by atoms with van der Waals surface area (Å²) in [6.07, 6.45) is 8.99. The van der Waals surface area contributed by atoms with Crippen LogP contribution < -0.4 is 17.0 Å². The minimum atomic E-state index is -0.383. The Morgan fingerprint density at radius 2 is 0.885 bits per heavy atom. The summed E-state index contributed by atoms with van der Waals surface area (Å²) in [5, 5.41) is 24.1. The maximum atomic E-state index is 12.1. The molecule has 0 unspecified atom stereocenters. The Morgan fingerprint density at radius 1 is 0.538 bits per heavy atom. The molecule has 1 saturated carbocycles. The van der Waals surface area contributed by atoms with Crippen molar-refractivity contribution in [1.82, 2.24) is 0 Å². The normalized spacial score (nSPS) is 20.0. The van der Waals surface area contributed by atoms with Gasteiger partial charge in [-0.1, -0.05) is 0 Å². The van der Waals surface area contributed by atoms with Crippen molar-refractivity contribution in [2.24, 2.45) is 0 Å². The molecule has 1 aliphatic carbocycles. The van der Waals surface area contributed by atoms with Gasteiger partial charge in [0.05, 0.1) is 0 Å². The molecule has 1 heterocycles. The summed E-state index contributed by atoms with van der Waals surface area (Å²) in [5.74, 6) is 0.703. The number of rotatable bonds is 6. The molecule has 6 rings (SSSR count). The summed E-state index contributed by atoms with van der Waals surface area (Å²) in [7, 11) is 0. The van der Waals surface area contributed by atoms with Gasteiger partial charge < -0.3 is 17.0 Å². The molecule has 1 aliphatic heterocycles. The zero-order chi connectivity index (χ0) is 36.9. The Hall–Kier alpha value is -3.19. The van der Waals surface area contributed by atoms with E-state index in [1.54, 1.807) is 0 Å². The van der Waals surface area contributed by atoms with Gasteiger partial charge in [-0.3, -0.25) is 0 Å². The Bertz CT molecular complexity index is 1820. The number of phenols is 2. The molecule has 2 atom stereocenters. The first-order chi connectivity index (χ1) is 23.9. The van der Waals surface area contributed by atoms with Crippen LogP contribution in [0.5, 0.6) is 11.5 Å². The average Bonchev–Trinajstić information content (AvgIpc) is 3.42. The standard InChI is InChI=1S/C46H58N2O2.BrH.Co/c1-43(2,3)35-25-31(41(49)37(27-35)45(7,8)33-19-13-11-14-20-33)29-47-39-23-17-18-24-40(39)48-30-32-26-36(44(4,5)6)28-38(42(32)50)46(9,10)34-21-15-12-16-22-34;;/h11-16,19-22,25-30,39-40,49-50H,17-18,23-24H2,1-10H3;1H;/q;;+2/p-1/t39-,40-;;/m1../s1. The van der Waals surface area contributed by atoms with Gasteiger partial charge in [-0.05, 0) is 0 Å². The topological polar surface area (TPSA) is 46.5 Å². The summed E-state index contributed by atoms with van der Waals surface area (Å²) >= 11 is 1.07. The second kappa shape index (κ2) is 14.9. The first-order valence-corrected chi connectivity index (χ1v) is 19.6. The number of benzene rings is 4. The van der Waals surface area contributed by atoms with Crippen LogP contribution in [-0.2, 0) is 36.8 Å². The van der Waals surface area contributed by atoms with E-state index in [2.05, 4.69) is 162 Å². The minimum absolute atomic E-state index is 0. The number of hydrogen-bond acceptors (Lipinski definition) is 2. The fraction of sp³-hybridized carbons (Fsp3) is 0.435. The first-order valence-electron chi connectivity index (χ1n) is 18.6. The molecular formula is C46H58BrCoN2O2+. The zero-order valence-corrected chi connectivity index (χ0v) is 35.3. The van der Waals surface area contributed by atoms with Gasteiger partial charge in [0.2, 0.25) is 0 Å². The predicted octanol–water partition coefficient (Wildman–Crippen LogP) is 7.15. The molecular weight excluding hydrogens is 751 g/mol. The molecule has 1 saturated heterocycles. The third-order valence-corrected chi connectivity index (χ3v) is 12.8. The van der Waals surface area contributed by atoms with Crippen molar-refractivity contribution in [2.75, 3.05) is 0 Å². The second-order valence-electron chi connectivity index (χ2n) is 17.8. The number of nitrogens with zero attached hydrogens (tertiary/aromatic N) is 2. The molecule has 52 heavy (non-hydrogen) atoms. The molecule has 0 aromatic heterocycles. The Morgan fingerprint density at radius 3 is 1.21 bits per heavy atom. The van der Waals surface area contributed by atoms with Crippen LogP contribution in [0.4, 0.5) is 0 Å². The molecule has 0 bridgehead atoms. The largest absolute Gasteiger partial charge is 1.00 e.